The molecule has 1 aromatic rings. The third kappa shape index (κ3) is 3.27. The van der Waals surface area contributed by atoms with Crippen molar-refractivity contribution in [2.75, 3.05) is 6.61 Å². The largest absolute Gasteiger partial charge is 0.492 e. The average Bonchev–Trinajstić information content (AvgIpc) is 2.06. The van der Waals surface area contributed by atoms with Crippen molar-refractivity contribution in [3.05, 3.63) is 24.0 Å². The Bertz CT molecular complexity index is 286. The smallest absolute Gasteiger partial charge is 0.135 e. The summed E-state index contributed by atoms with van der Waals surface area (Å²) in [6, 6.07) is 4.31. The van der Waals surface area contributed by atoms with Gasteiger partial charge in [-0.05, 0) is 18.1 Å². The Morgan fingerprint density at radius 2 is 2.15 bits per heavy atom. The molecule has 0 unspecified atom stereocenters. The van der Waals surface area contributed by atoms with Crippen LogP contribution in [0.15, 0.2) is 23.1 Å². The van der Waals surface area contributed by atoms with E-state index in [1.807, 2.05) is 13.8 Å². The lowest BCUT2D eigenvalue weighted by Gasteiger charge is -2.10. The minimum atomic E-state index is -0.295. The molecule has 1 nitrogen and oxygen atoms in total. The molecule has 72 valence electrons. The van der Waals surface area contributed by atoms with Crippen LogP contribution in [0.3, 0.4) is 0 Å². The molecular formula is C10H13FOS. The van der Waals surface area contributed by atoms with Gasteiger partial charge in [0.05, 0.1) is 6.61 Å². The Hall–Kier alpha value is -0.700. The maximum atomic E-state index is 12.8. The number of hydrogen-bond donors (Lipinski definition) is 1. The van der Waals surface area contributed by atoms with Crippen molar-refractivity contribution in [1.29, 1.82) is 0 Å². The standard InChI is InChI=1S/C10H13FOS/c1-7(2)6-12-9-5-8(11)3-4-10(9)13/h3-5,7,13H,6H2,1-2H3. The predicted molar refractivity (Wildman–Crippen MR) is 54.0 cm³/mol. The quantitative estimate of drug-likeness (QED) is 0.737. The molecule has 0 fully saturated rings. The van der Waals surface area contributed by atoms with Gasteiger partial charge in [-0.2, -0.15) is 0 Å². The zero-order chi connectivity index (χ0) is 9.84. The van der Waals surface area contributed by atoms with E-state index in [9.17, 15) is 4.39 Å². The third-order valence-corrected chi connectivity index (χ3v) is 1.86. The zero-order valence-corrected chi connectivity index (χ0v) is 8.64. The first-order valence-electron chi connectivity index (χ1n) is 4.21. The van der Waals surface area contributed by atoms with Crippen molar-refractivity contribution >= 4 is 12.6 Å². The maximum Gasteiger partial charge on any atom is 0.135 e. The molecule has 0 amide bonds. The van der Waals surface area contributed by atoms with Crippen LogP contribution in [0.1, 0.15) is 13.8 Å². The highest BCUT2D eigenvalue weighted by Gasteiger charge is 2.02. The average molecular weight is 200 g/mol. The van der Waals surface area contributed by atoms with Gasteiger partial charge in [-0.1, -0.05) is 13.8 Å². The first kappa shape index (κ1) is 10.4. The van der Waals surface area contributed by atoms with E-state index in [4.69, 9.17) is 4.74 Å². The van der Waals surface area contributed by atoms with Gasteiger partial charge in [-0.3, -0.25) is 0 Å². The summed E-state index contributed by atoms with van der Waals surface area (Å²) in [6.07, 6.45) is 0. The van der Waals surface area contributed by atoms with Crippen LogP contribution in [0.4, 0.5) is 4.39 Å². The summed E-state index contributed by atoms with van der Waals surface area (Å²) in [5.41, 5.74) is 0. The van der Waals surface area contributed by atoms with E-state index in [2.05, 4.69) is 12.6 Å². The van der Waals surface area contributed by atoms with Crippen LogP contribution in [-0.2, 0) is 0 Å². The number of rotatable bonds is 3. The van der Waals surface area contributed by atoms with Crippen LogP contribution >= 0.6 is 12.6 Å². The van der Waals surface area contributed by atoms with E-state index >= 15 is 0 Å². The minimum absolute atomic E-state index is 0.295. The molecule has 0 bridgehead atoms. The first-order chi connectivity index (χ1) is 6.09. The van der Waals surface area contributed by atoms with Gasteiger partial charge in [-0.25, -0.2) is 4.39 Å². The molecule has 0 radical (unpaired) electrons. The van der Waals surface area contributed by atoms with Crippen LogP contribution in [0.25, 0.3) is 0 Å². The van der Waals surface area contributed by atoms with E-state index < -0.39 is 0 Å². The zero-order valence-electron chi connectivity index (χ0n) is 7.75. The summed E-state index contributed by atoms with van der Waals surface area (Å²) in [5, 5.41) is 0. The molecule has 0 aromatic heterocycles. The Kier molecular flexibility index (Phi) is 3.60. The van der Waals surface area contributed by atoms with Crippen molar-refractivity contribution in [1.82, 2.24) is 0 Å². The predicted octanol–water partition coefficient (Wildman–Crippen LogP) is 3.15. The lowest BCUT2D eigenvalue weighted by Crippen LogP contribution is -2.05. The van der Waals surface area contributed by atoms with E-state index in [1.54, 1.807) is 6.07 Å². The van der Waals surface area contributed by atoms with Crippen LogP contribution < -0.4 is 4.74 Å². The minimum Gasteiger partial charge on any atom is -0.492 e. The number of halogens is 1. The monoisotopic (exact) mass is 200 g/mol. The topological polar surface area (TPSA) is 9.23 Å². The molecule has 1 aromatic carbocycles. The van der Waals surface area contributed by atoms with Gasteiger partial charge in [0.1, 0.15) is 11.6 Å². The van der Waals surface area contributed by atoms with Crippen molar-refractivity contribution in [3.63, 3.8) is 0 Å². The van der Waals surface area contributed by atoms with Crippen LogP contribution in [0.2, 0.25) is 0 Å². The molecule has 0 saturated carbocycles. The molecule has 0 atom stereocenters. The Morgan fingerprint density at radius 1 is 1.46 bits per heavy atom. The molecule has 0 N–H and O–H groups in total. The summed E-state index contributed by atoms with van der Waals surface area (Å²) in [5.74, 6) is 0.643. The molecule has 0 heterocycles. The first-order valence-corrected chi connectivity index (χ1v) is 4.65. The molecule has 3 heteroatoms. The Balaban J connectivity index is 2.70. The van der Waals surface area contributed by atoms with Crippen molar-refractivity contribution in [2.24, 2.45) is 5.92 Å². The van der Waals surface area contributed by atoms with Gasteiger partial charge < -0.3 is 4.74 Å². The van der Waals surface area contributed by atoms with Crippen molar-refractivity contribution < 1.29 is 9.13 Å². The fraction of sp³-hybridized carbons (Fsp3) is 0.400. The van der Waals surface area contributed by atoms with E-state index in [0.29, 0.717) is 23.2 Å². The second-order valence-electron chi connectivity index (χ2n) is 3.32. The van der Waals surface area contributed by atoms with Gasteiger partial charge in [-0.15, -0.1) is 12.6 Å². The van der Waals surface area contributed by atoms with Crippen LogP contribution in [0, 0.1) is 11.7 Å². The van der Waals surface area contributed by atoms with Crippen LogP contribution in [-0.4, -0.2) is 6.61 Å². The normalized spacial score (nSPS) is 10.5. The maximum absolute atomic E-state index is 12.8. The SMILES string of the molecule is CC(C)COc1cc(F)ccc1S. The molecule has 0 aliphatic heterocycles. The summed E-state index contributed by atoms with van der Waals surface area (Å²) >= 11 is 4.16. The lowest BCUT2D eigenvalue weighted by atomic mass is 10.2. The molecule has 0 aliphatic rings. The Morgan fingerprint density at radius 3 is 2.77 bits per heavy atom. The highest BCUT2D eigenvalue weighted by molar-refractivity contribution is 7.80. The molecule has 0 saturated heterocycles. The molecular weight excluding hydrogens is 187 g/mol. The van der Waals surface area contributed by atoms with Crippen molar-refractivity contribution in [2.45, 2.75) is 18.7 Å². The summed E-state index contributed by atoms with van der Waals surface area (Å²) in [6.45, 7) is 4.66. The number of hydrogen-bond acceptors (Lipinski definition) is 2. The van der Waals surface area contributed by atoms with E-state index in [0.717, 1.165) is 0 Å². The van der Waals surface area contributed by atoms with Gasteiger partial charge in [0.25, 0.3) is 0 Å². The van der Waals surface area contributed by atoms with E-state index in [-0.39, 0.29) is 5.82 Å². The second-order valence-corrected chi connectivity index (χ2v) is 3.80. The molecule has 0 spiro atoms. The van der Waals surface area contributed by atoms with Gasteiger partial charge >= 0.3 is 0 Å². The van der Waals surface area contributed by atoms with Gasteiger partial charge in [0.15, 0.2) is 0 Å². The van der Waals surface area contributed by atoms with Crippen LogP contribution in [0.5, 0.6) is 5.75 Å². The summed E-state index contributed by atoms with van der Waals surface area (Å²) in [7, 11) is 0. The Labute approximate surface area is 83.3 Å². The van der Waals surface area contributed by atoms with Gasteiger partial charge in [0.2, 0.25) is 0 Å². The highest BCUT2D eigenvalue weighted by Crippen LogP contribution is 2.23. The number of ether oxygens (including phenoxy) is 1. The lowest BCUT2D eigenvalue weighted by molar-refractivity contribution is 0.264. The van der Waals surface area contributed by atoms with Crippen molar-refractivity contribution in [3.8, 4) is 5.75 Å². The summed E-state index contributed by atoms with van der Waals surface area (Å²) < 4.78 is 18.1. The molecule has 0 aliphatic carbocycles. The molecule has 1 rings (SSSR count). The third-order valence-electron chi connectivity index (χ3n) is 1.49. The fourth-order valence-electron chi connectivity index (χ4n) is 0.860. The number of thiol groups is 1. The van der Waals surface area contributed by atoms with E-state index in [1.165, 1.54) is 12.1 Å². The van der Waals surface area contributed by atoms with Gasteiger partial charge in [0, 0.05) is 11.0 Å². The summed E-state index contributed by atoms with van der Waals surface area (Å²) in [4.78, 5) is 0.669. The second kappa shape index (κ2) is 4.51. The highest BCUT2D eigenvalue weighted by atomic mass is 32.1. The fourth-order valence-corrected chi connectivity index (χ4v) is 1.06. The number of benzene rings is 1. The molecule has 13 heavy (non-hydrogen) atoms.